The third kappa shape index (κ3) is 4.33. The molecule has 1 aliphatic carbocycles. The van der Waals surface area contributed by atoms with Gasteiger partial charge in [0.1, 0.15) is 0 Å². The molecule has 1 saturated heterocycles. The topological polar surface area (TPSA) is 54.5 Å². The maximum atomic E-state index is 13.7. The SMILES string of the molecule is Cc1ccc(S(=O)C2=C[C@H]3CN(S(=O)(=O)c4ccc(C)cc4)CC3=C[C@H]2c2ccccc2)cc1. The van der Waals surface area contributed by atoms with E-state index >= 15 is 0 Å². The van der Waals surface area contributed by atoms with Gasteiger partial charge in [-0.2, -0.15) is 4.31 Å². The summed E-state index contributed by atoms with van der Waals surface area (Å²) in [6, 6.07) is 24.8. The second kappa shape index (κ2) is 9.10. The lowest BCUT2D eigenvalue weighted by molar-refractivity contribution is 0.471. The summed E-state index contributed by atoms with van der Waals surface area (Å²) in [7, 11) is -4.94. The van der Waals surface area contributed by atoms with E-state index < -0.39 is 20.8 Å². The van der Waals surface area contributed by atoms with Crippen LogP contribution in [0.4, 0.5) is 0 Å². The van der Waals surface area contributed by atoms with E-state index in [0.717, 1.165) is 32.1 Å². The molecular weight excluding hydrogens is 462 g/mol. The number of fused-ring (bicyclic) bond motifs is 1. The number of hydrogen-bond donors (Lipinski definition) is 0. The monoisotopic (exact) mass is 489 g/mol. The Balaban J connectivity index is 1.51. The van der Waals surface area contributed by atoms with Crippen LogP contribution in [0.2, 0.25) is 0 Å². The van der Waals surface area contributed by atoms with Gasteiger partial charge >= 0.3 is 0 Å². The van der Waals surface area contributed by atoms with Gasteiger partial charge < -0.3 is 0 Å². The molecule has 0 N–H and O–H groups in total. The number of benzene rings is 3. The Hall–Kier alpha value is -2.80. The fraction of sp³-hybridized carbons (Fsp3) is 0.214. The van der Waals surface area contributed by atoms with E-state index in [2.05, 4.69) is 6.08 Å². The summed E-state index contributed by atoms with van der Waals surface area (Å²) in [6.07, 6.45) is 4.18. The number of sulfonamides is 1. The number of allylic oxidation sites excluding steroid dienone is 2. The molecule has 4 nitrogen and oxygen atoms in total. The number of aryl methyl sites for hydroxylation is 2. The third-order valence-corrected chi connectivity index (χ3v) is 9.90. The fourth-order valence-corrected chi connectivity index (χ4v) is 7.43. The van der Waals surface area contributed by atoms with Gasteiger partial charge in [-0.25, -0.2) is 12.6 Å². The van der Waals surface area contributed by atoms with Crippen molar-refractivity contribution < 1.29 is 12.6 Å². The van der Waals surface area contributed by atoms with Crippen LogP contribution in [0.3, 0.4) is 0 Å². The zero-order valence-corrected chi connectivity index (χ0v) is 20.9. The van der Waals surface area contributed by atoms with Crippen molar-refractivity contribution in [3.63, 3.8) is 0 Å². The normalized spacial score (nSPS) is 21.5. The highest BCUT2D eigenvalue weighted by Gasteiger charge is 2.39. The molecule has 2 aliphatic rings. The smallest absolute Gasteiger partial charge is 0.243 e. The average Bonchev–Trinajstić information content (AvgIpc) is 3.28. The molecule has 3 aromatic carbocycles. The van der Waals surface area contributed by atoms with Crippen LogP contribution in [0, 0.1) is 19.8 Å². The first-order valence-corrected chi connectivity index (χ1v) is 13.9. The maximum absolute atomic E-state index is 13.7. The third-order valence-electron chi connectivity index (χ3n) is 6.55. The van der Waals surface area contributed by atoms with Gasteiger partial charge in [-0.3, -0.25) is 0 Å². The highest BCUT2D eigenvalue weighted by atomic mass is 32.2. The molecule has 5 rings (SSSR count). The van der Waals surface area contributed by atoms with E-state index in [4.69, 9.17) is 0 Å². The van der Waals surface area contributed by atoms with E-state index in [9.17, 15) is 12.6 Å². The van der Waals surface area contributed by atoms with Gasteiger partial charge in [0.25, 0.3) is 0 Å². The Morgan fingerprint density at radius 2 is 1.44 bits per heavy atom. The lowest BCUT2D eigenvalue weighted by atomic mass is 9.86. The van der Waals surface area contributed by atoms with Gasteiger partial charge in [-0.15, -0.1) is 0 Å². The van der Waals surface area contributed by atoms with Crippen molar-refractivity contribution >= 4 is 20.8 Å². The van der Waals surface area contributed by atoms with Crippen LogP contribution >= 0.6 is 0 Å². The molecular formula is C28H27NO3S2. The highest BCUT2D eigenvalue weighted by Crippen LogP contribution is 2.42. The van der Waals surface area contributed by atoms with Gasteiger partial charge in [-0.1, -0.05) is 77.9 Å². The molecule has 1 fully saturated rings. The summed E-state index contributed by atoms with van der Waals surface area (Å²) >= 11 is 0. The summed E-state index contributed by atoms with van der Waals surface area (Å²) < 4.78 is 41.9. The van der Waals surface area contributed by atoms with Crippen LogP contribution in [0.1, 0.15) is 22.6 Å². The quantitative estimate of drug-likeness (QED) is 0.455. The first-order chi connectivity index (χ1) is 16.3. The first-order valence-electron chi connectivity index (χ1n) is 11.4. The molecule has 0 bridgehead atoms. The van der Waals surface area contributed by atoms with Gasteiger partial charge in [0, 0.05) is 34.7 Å². The lowest BCUT2D eigenvalue weighted by Crippen LogP contribution is -2.28. The molecule has 3 atom stereocenters. The van der Waals surface area contributed by atoms with Gasteiger partial charge in [0.05, 0.1) is 15.7 Å². The molecule has 3 aromatic rings. The standard InChI is InChI=1S/C28H27NO3S2/c1-20-8-12-25(13-9-20)33(30)28-17-24-19-29(34(31,32)26-14-10-21(2)11-15-26)18-23(24)16-27(28)22-6-4-3-5-7-22/h3-17,24,27H,18-19H2,1-2H3/t24-,27-,33?/m0/s1. The molecule has 6 heteroatoms. The summed E-state index contributed by atoms with van der Waals surface area (Å²) in [5.41, 5.74) is 4.26. The molecule has 0 radical (unpaired) electrons. The van der Waals surface area contributed by atoms with E-state index in [0.29, 0.717) is 18.0 Å². The summed E-state index contributed by atoms with van der Waals surface area (Å²) in [6.45, 7) is 4.66. The van der Waals surface area contributed by atoms with Gasteiger partial charge in [0.15, 0.2) is 0 Å². The Labute approximate surface area is 204 Å². The second-order valence-corrected chi connectivity index (χ2v) is 12.4. The zero-order chi connectivity index (χ0) is 23.9. The van der Waals surface area contributed by atoms with Crippen LogP contribution in [0.25, 0.3) is 0 Å². The van der Waals surface area contributed by atoms with Crippen molar-refractivity contribution in [1.82, 2.24) is 4.31 Å². The summed E-state index contributed by atoms with van der Waals surface area (Å²) in [5, 5.41) is 0. The maximum Gasteiger partial charge on any atom is 0.243 e. The van der Waals surface area contributed by atoms with Gasteiger partial charge in [-0.05, 0) is 49.2 Å². The first kappa shape index (κ1) is 23.0. The van der Waals surface area contributed by atoms with Crippen LogP contribution in [0.15, 0.2) is 111 Å². The van der Waals surface area contributed by atoms with E-state index in [1.807, 2.05) is 86.7 Å². The van der Waals surface area contributed by atoms with Crippen LogP contribution < -0.4 is 0 Å². The van der Waals surface area contributed by atoms with Crippen LogP contribution in [-0.2, 0) is 20.8 Å². The van der Waals surface area contributed by atoms with Crippen LogP contribution in [0.5, 0.6) is 0 Å². The second-order valence-electron chi connectivity index (χ2n) is 9.00. The number of hydrogen-bond acceptors (Lipinski definition) is 3. The predicted molar refractivity (Wildman–Crippen MR) is 136 cm³/mol. The average molecular weight is 490 g/mol. The Kier molecular flexibility index (Phi) is 6.15. The van der Waals surface area contributed by atoms with Crippen molar-refractivity contribution in [2.45, 2.75) is 29.6 Å². The largest absolute Gasteiger partial charge is 0.249 e. The van der Waals surface area contributed by atoms with Crippen molar-refractivity contribution in [1.29, 1.82) is 0 Å². The summed E-state index contributed by atoms with van der Waals surface area (Å²) in [5.74, 6) is -0.235. The highest BCUT2D eigenvalue weighted by molar-refractivity contribution is 7.89. The Morgan fingerprint density at radius 1 is 0.824 bits per heavy atom. The fourth-order valence-electron chi connectivity index (χ4n) is 4.59. The van der Waals surface area contributed by atoms with Crippen molar-refractivity contribution in [2.24, 2.45) is 5.92 Å². The molecule has 1 aliphatic heterocycles. The van der Waals surface area contributed by atoms with Crippen LogP contribution in [-0.4, -0.2) is 30.0 Å². The van der Waals surface area contributed by atoms with Crippen molar-refractivity contribution in [3.8, 4) is 0 Å². The molecule has 1 heterocycles. The molecule has 0 amide bonds. The Bertz CT molecular complexity index is 1390. The minimum Gasteiger partial charge on any atom is -0.249 e. The zero-order valence-electron chi connectivity index (χ0n) is 19.2. The number of rotatable bonds is 5. The molecule has 34 heavy (non-hydrogen) atoms. The lowest BCUT2D eigenvalue weighted by Gasteiger charge is -2.25. The summed E-state index contributed by atoms with van der Waals surface area (Å²) in [4.78, 5) is 1.89. The predicted octanol–water partition coefficient (Wildman–Crippen LogP) is 5.34. The van der Waals surface area contributed by atoms with E-state index in [1.165, 1.54) is 0 Å². The molecule has 0 spiro atoms. The minimum atomic E-state index is -3.60. The van der Waals surface area contributed by atoms with E-state index in [-0.39, 0.29) is 11.8 Å². The minimum absolute atomic E-state index is 0.0791. The molecule has 1 unspecified atom stereocenters. The Morgan fingerprint density at radius 3 is 2.09 bits per heavy atom. The van der Waals surface area contributed by atoms with Crippen molar-refractivity contribution in [2.75, 3.05) is 13.1 Å². The molecule has 0 saturated carbocycles. The van der Waals surface area contributed by atoms with E-state index in [1.54, 1.807) is 16.4 Å². The molecule has 174 valence electrons. The van der Waals surface area contributed by atoms with Crippen molar-refractivity contribution in [3.05, 3.63) is 118 Å². The molecule has 0 aromatic heterocycles. The van der Waals surface area contributed by atoms with Gasteiger partial charge in [0.2, 0.25) is 10.0 Å². The number of nitrogens with zero attached hydrogens (tertiary/aromatic N) is 1.